The molecule has 3 atom stereocenters. The number of benzene rings is 1. The van der Waals surface area contributed by atoms with Crippen molar-refractivity contribution in [3.05, 3.63) is 35.9 Å². The number of carbonyl (C=O) groups is 2. The van der Waals surface area contributed by atoms with Crippen LogP contribution >= 0.6 is 0 Å². The van der Waals surface area contributed by atoms with Gasteiger partial charge in [0.15, 0.2) is 0 Å². The smallest absolute Gasteiger partial charge is 0.408 e. The first-order valence-corrected chi connectivity index (χ1v) is 7.35. The molecule has 2 N–H and O–H groups in total. The average Bonchev–Trinajstić information content (AvgIpc) is 2.42. The largest absolute Gasteiger partial charge is 0.444 e. The van der Waals surface area contributed by atoms with E-state index in [4.69, 9.17) is 4.74 Å². The van der Waals surface area contributed by atoms with Gasteiger partial charge in [0.1, 0.15) is 11.4 Å². The van der Waals surface area contributed by atoms with Gasteiger partial charge in [-0.2, -0.15) is 0 Å². The highest BCUT2D eigenvalue weighted by atomic mass is 16.6. The van der Waals surface area contributed by atoms with Crippen LogP contribution in [0.1, 0.15) is 46.2 Å². The van der Waals surface area contributed by atoms with Crippen molar-refractivity contribution in [1.82, 2.24) is 5.32 Å². The van der Waals surface area contributed by atoms with Crippen LogP contribution in [0.5, 0.6) is 0 Å². The Morgan fingerprint density at radius 1 is 1.18 bits per heavy atom. The van der Waals surface area contributed by atoms with Gasteiger partial charge in [-0.1, -0.05) is 37.3 Å². The van der Waals surface area contributed by atoms with Gasteiger partial charge in [0.2, 0.25) is 0 Å². The Bertz CT molecular complexity index is 507. The molecule has 0 aliphatic rings. The number of carbonyl (C=O) groups excluding carboxylic acids is 2. The number of hydrogen-bond acceptors (Lipinski definition) is 4. The molecule has 0 aromatic heterocycles. The van der Waals surface area contributed by atoms with E-state index in [0.29, 0.717) is 5.56 Å². The van der Waals surface area contributed by atoms with E-state index in [-0.39, 0.29) is 5.78 Å². The van der Waals surface area contributed by atoms with Gasteiger partial charge in [0.05, 0.1) is 12.1 Å². The molecule has 1 rings (SSSR count). The van der Waals surface area contributed by atoms with E-state index in [1.807, 2.05) is 18.2 Å². The number of nitrogens with one attached hydrogen (secondary N) is 1. The fourth-order valence-corrected chi connectivity index (χ4v) is 1.99. The number of aliphatic hydroxyl groups excluding tert-OH is 1. The number of ketones is 1. The van der Waals surface area contributed by atoms with Crippen LogP contribution in [0, 0.1) is 5.92 Å². The molecule has 0 fully saturated rings. The van der Waals surface area contributed by atoms with Gasteiger partial charge in [0, 0.05) is 5.92 Å². The number of ether oxygens (including phenoxy) is 1. The number of Topliss-reactive ketones (excluding diaryl/α,β-unsaturated/α-hetero) is 1. The molecule has 5 heteroatoms. The van der Waals surface area contributed by atoms with Gasteiger partial charge in [-0.25, -0.2) is 4.79 Å². The molecule has 0 spiro atoms. The van der Waals surface area contributed by atoms with Crippen molar-refractivity contribution in [2.75, 3.05) is 0 Å². The predicted octanol–water partition coefficient (Wildman–Crippen LogP) is 2.84. The highest BCUT2D eigenvalue weighted by Crippen LogP contribution is 2.23. The van der Waals surface area contributed by atoms with Gasteiger partial charge >= 0.3 is 6.09 Å². The molecular formula is C17H25NO4. The van der Waals surface area contributed by atoms with Gasteiger partial charge in [0.25, 0.3) is 0 Å². The molecule has 1 aromatic rings. The first kappa shape index (κ1) is 18.2. The topological polar surface area (TPSA) is 75.6 Å². The minimum atomic E-state index is -1.03. The number of hydrogen-bond donors (Lipinski definition) is 2. The van der Waals surface area contributed by atoms with Crippen LogP contribution < -0.4 is 5.32 Å². The van der Waals surface area contributed by atoms with E-state index < -0.39 is 29.8 Å². The van der Waals surface area contributed by atoms with Crippen LogP contribution in [-0.2, 0) is 9.53 Å². The summed E-state index contributed by atoms with van der Waals surface area (Å²) in [6, 6.07) is 8.33. The summed E-state index contributed by atoms with van der Waals surface area (Å²) in [4.78, 5) is 23.5. The molecule has 0 unspecified atom stereocenters. The summed E-state index contributed by atoms with van der Waals surface area (Å²) in [6.45, 7) is 8.35. The van der Waals surface area contributed by atoms with Crippen molar-refractivity contribution >= 4 is 11.9 Å². The summed E-state index contributed by atoms with van der Waals surface area (Å²) in [5.74, 6) is -0.737. The summed E-state index contributed by atoms with van der Waals surface area (Å²) in [6.07, 6.45) is -1.66. The molecule has 0 aliphatic heterocycles. The fraction of sp³-hybridized carbons (Fsp3) is 0.529. The molecule has 0 saturated heterocycles. The molecule has 0 bridgehead atoms. The van der Waals surface area contributed by atoms with Crippen molar-refractivity contribution in [2.24, 2.45) is 5.92 Å². The zero-order chi connectivity index (χ0) is 16.9. The standard InChI is InChI=1S/C17H25NO4/c1-11(12(2)19)15(20)14(13-9-7-6-8-10-13)18-16(21)22-17(3,4)5/h6-11,14-15,20H,1-5H3,(H,18,21)/t11-,14+,15+/m0/s1. The fourth-order valence-electron chi connectivity index (χ4n) is 1.99. The van der Waals surface area contributed by atoms with Gasteiger partial charge in [-0.15, -0.1) is 0 Å². The quantitative estimate of drug-likeness (QED) is 0.877. The second kappa shape index (κ2) is 7.40. The van der Waals surface area contributed by atoms with Gasteiger partial charge in [-0.05, 0) is 33.3 Å². The Morgan fingerprint density at radius 2 is 1.73 bits per heavy atom. The first-order chi connectivity index (χ1) is 10.1. The Morgan fingerprint density at radius 3 is 2.18 bits per heavy atom. The molecule has 22 heavy (non-hydrogen) atoms. The van der Waals surface area contributed by atoms with Crippen LogP contribution in [0.3, 0.4) is 0 Å². The lowest BCUT2D eigenvalue weighted by atomic mass is 9.90. The van der Waals surface area contributed by atoms with Crippen molar-refractivity contribution in [1.29, 1.82) is 0 Å². The van der Waals surface area contributed by atoms with Crippen molar-refractivity contribution in [2.45, 2.75) is 52.4 Å². The van der Waals surface area contributed by atoms with E-state index in [0.717, 1.165) is 0 Å². The summed E-state index contributed by atoms with van der Waals surface area (Å²) >= 11 is 0. The van der Waals surface area contributed by atoms with Gasteiger partial charge < -0.3 is 15.2 Å². The second-order valence-corrected chi connectivity index (χ2v) is 6.42. The molecule has 0 radical (unpaired) electrons. The minimum absolute atomic E-state index is 0.139. The zero-order valence-corrected chi connectivity index (χ0v) is 13.8. The number of amides is 1. The lowest BCUT2D eigenvalue weighted by molar-refractivity contribution is -0.124. The van der Waals surface area contributed by atoms with Crippen LogP contribution in [0.15, 0.2) is 30.3 Å². The summed E-state index contributed by atoms with van der Waals surface area (Å²) in [5.41, 5.74) is 0.0802. The van der Waals surface area contributed by atoms with E-state index in [2.05, 4.69) is 5.32 Å². The van der Waals surface area contributed by atoms with Crippen LogP contribution in [-0.4, -0.2) is 28.7 Å². The number of alkyl carbamates (subject to hydrolysis) is 1. The van der Waals surface area contributed by atoms with Crippen LogP contribution in [0.4, 0.5) is 4.79 Å². The van der Waals surface area contributed by atoms with Crippen LogP contribution in [0.25, 0.3) is 0 Å². The highest BCUT2D eigenvalue weighted by molar-refractivity contribution is 5.78. The SMILES string of the molecule is CC(=O)[C@H](C)[C@@H](O)[C@H](NC(=O)OC(C)(C)C)c1ccccc1. The van der Waals surface area contributed by atoms with Crippen LogP contribution in [0.2, 0.25) is 0 Å². The van der Waals surface area contributed by atoms with E-state index in [1.165, 1.54) is 6.92 Å². The lowest BCUT2D eigenvalue weighted by Gasteiger charge is -2.29. The Hall–Kier alpha value is -1.88. The molecule has 122 valence electrons. The third-order valence-corrected chi connectivity index (χ3v) is 3.33. The summed E-state index contributed by atoms with van der Waals surface area (Å²) < 4.78 is 5.23. The molecule has 1 aromatic carbocycles. The highest BCUT2D eigenvalue weighted by Gasteiger charge is 2.31. The number of rotatable bonds is 5. The number of aliphatic hydroxyl groups is 1. The normalized spacial score (nSPS) is 15.5. The third-order valence-electron chi connectivity index (χ3n) is 3.33. The first-order valence-electron chi connectivity index (χ1n) is 7.35. The minimum Gasteiger partial charge on any atom is -0.444 e. The molecule has 0 aliphatic carbocycles. The second-order valence-electron chi connectivity index (χ2n) is 6.42. The lowest BCUT2D eigenvalue weighted by Crippen LogP contribution is -2.43. The Labute approximate surface area is 131 Å². The maximum absolute atomic E-state index is 12.0. The van der Waals surface area contributed by atoms with E-state index >= 15 is 0 Å². The maximum atomic E-state index is 12.0. The molecule has 0 saturated carbocycles. The average molecular weight is 307 g/mol. The van der Waals surface area contributed by atoms with Crippen molar-refractivity contribution < 1.29 is 19.4 Å². The molecule has 5 nitrogen and oxygen atoms in total. The Balaban J connectivity index is 2.98. The predicted molar refractivity (Wildman–Crippen MR) is 84.4 cm³/mol. The maximum Gasteiger partial charge on any atom is 0.408 e. The monoisotopic (exact) mass is 307 g/mol. The molecular weight excluding hydrogens is 282 g/mol. The zero-order valence-electron chi connectivity index (χ0n) is 13.8. The summed E-state index contributed by atoms with van der Waals surface area (Å²) in [7, 11) is 0. The van der Waals surface area contributed by atoms with Crippen molar-refractivity contribution in [3.63, 3.8) is 0 Å². The van der Waals surface area contributed by atoms with E-state index in [1.54, 1.807) is 39.8 Å². The summed E-state index contributed by atoms with van der Waals surface area (Å²) in [5, 5.41) is 13.1. The van der Waals surface area contributed by atoms with Crippen molar-refractivity contribution in [3.8, 4) is 0 Å². The molecule has 1 amide bonds. The molecule has 0 heterocycles. The van der Waals surface area contributed by atoms with Gasteiger partial charge in [-0.3, -0.25) is 4.79 Å². The third kappa shape index (κ3) is 5.48. The Kier molecular flexibility index (Phi) is 6.11. The van der Waals surface area contributed by atoms with E-state index in [9.17, 15) is 14.7 Å².